The van der Waals surface area contributed by atoms with Crippen LogP contribution in [0, 0.1) is 0 Å². The predicted octanol–water partition coefficient (Wildman–Crippen LogP) is 3.11. The van der Waals surface area contributed by atoms with Gasteiger partial charge in [0.05, 0.1) is 30.9 Å². The summed E-state index contributed by atoms with van der Waals surface area (Å²) in [6, 6.07) is 15.7. The van der Waals surface area contributed by atoms with Gasteiger partial charge in [0.15, 0.2) is 5.43 Å². The third-order valence-corrected chi connectivity index (χ3v) is 6.21. The Hall–Kier alpha value is -2.83. The lowest BCUT2D eigenvalue weighted by Gasteiger charge is -2.36. The molecular formula is C25H28N2O4. The van der Waals surface area contributed by atoms with Crippen molar-refractivity contribution in [3.8, 4) is 5.75 Å². The summed E-state index contributed by atoms with van der Waals surface area (Å²) in [6.07, 6.45) is 1.76. The maximum atomic E-state index is 12.8. The van der Waals surface area contributed by atoms with E-state index >= 15 is 0 Å². The van der Waals surface area contributed by atoms with Gasteiger partial charge in [0.1, 0.15) is 17.1 Å². The molecule has 2 aromatic carbocycles. The number of rotatable bonds is 7. The number of methoxy groups -OCH3 is 1. The zero-order chi connectivity index (χ0) is 21.2. The summed E-state index contributed by atoms with van der Waals surface area (Å²) >= 11 is 0. The van der Waals surface area contributed by atoms with Crippen LogP contribution in [-0.4, -0.2) is 57.4 Å². The third kappa shape index (κ3) is 4.45. The molecule has 2 saturated heterocycles. The molecule has 2 aliphatic rings. The Bertz CT molecular complexity index is 1110. The number of fused-ring (bicyclic) bond motifs is 1. The molecule has 2 aliphatic heterocycles. The van der Waals surface area contributed by atoms with Crippen LogP contribution >= 0.6 is 0 Å². The molecule has 0 saturated carbocycles. The summed E-state index contributed by atoms with van der Waals surface area (Å²) in [5.74, 6) is 1.67. The van der Waals surface area contributed by atoms with Crippen molar-refractivity contribution in [1.82, 2.24) is 4.90 Å². The second kappa shape index (κ2) is 8.73. The topological polar surface area (TPSA) is 58.5 Å². The van der Waals surface area contributed by atoms with E-state index in [9.17, 15) is 4.79 Å². The average molecular weight is 421 g/mol. The molecule has 0 spiro atoms. The third-order valence-electron chi connectivity index (χ3n) is 6.21. The fraction of sp³-hybridized carbons (Fsp3) is 0.400. The van der Waals surface area contributed by atoms with E-state index in [1.807, 2.05) is 30.3 Å². The van der Waals surface area contributed by atoms with E-state index in [2.05, 4.69) is 21.9 Å². The molecule has 0 amide bonds. The van der Waals surface area contributed by atoms with Crippen molar-refractivity contribution in [1.29, 1.82) is 0 Å². The molecule has 6 heteroatoms. The first-order valence-electron chi connectivity index (χ1n) is 11.0. The van der Waals surface area contributed by atoms with Gasteiger partial charge in [0.2, 0.25) is 0 Å². The zero-order valence-corrected chi connectivity index (χ0v) is 17.9. The van der Waals surface area contributed by atoms with Crippen LogP contribution in [0.15, 0.2) is 57.7 Å². The minimum absolute atomic E-state index is 0.0495. The average Bonchev–Trinajstić information content (AvgIpc) is 3.62. The number of anilines is 1. The van der Waals surface area contributed by atoms with Crippen LogP contribution < -0.4 is 15.1 Å². The number of benzene rings is 2. The Balaban J connectivity index is 1.22. The van der Waals surface area contributed by atoms with E-state index in [-0.39, 0.29) is 11.5 Å². The smallest absolute Gasteiger partial charge is 0.193 e. The summed E-state index contributed by atoms with van der Waals surface area (Å²) < 4.78 is 16.9. The van der Waals surface area contributed by atoms with E-state index in [1.54, 1.807) is 13.2 Å². The molecule has 0 radical (unpaired) electrons. The molecule has 1 unspecified atom stereocenters. The van der Waals surface area contributed by atoms with Gasteiger partial charge in [-0.1, -0.05) is 24.3 Å². The van der Waals surface area contributed by atoms with Crippen LogP contribution in [0.1, 0.15) is 11.3 Å². The zero-order valence-electron chi connectivity index (χ0n) is 17.9. The lowest BCUT2D eigenvalue weighted by Crippen LogP contribution is -2.47. The van der Waals surface area contributed by atoms with Crippen LogP contribution in [0.2, 0.25) is 0 Å². The van der Waals surface area contributed by atoms with E-state index in [0.717, 1.165) is 74.9 Å². The highest BCUT2D eigenvalue weighted by atomic mass is 16.6. The Labute approximate surface area is 182 Å². The lowest BCUT2D eigenvalue weighted by molar-refractivity contribution is 0.255. The van der Waals surface area contributed by atoms with Crippen molar-refractivity contribution >= 4 is 16.7 Å². The Morgan fingerprint density at radius 2 is 1.87 bits per heavy atom. The Morgan fingerprint density at radius 3 is 2.65 bits per heavy atom. The maximum Gasteiger partial charge on any atom is 0.193 e. The van der Waals surface area contributed by atoms with Crippen LogP contribution in [0.3, 0.4) is 0 Å². The molecule has 162 valence electrons. The summed E-state index contributed by atoms with van der Waals surface area (Å²) in [4.78, 5) is 17.6. The minimum Gasteiger partial charge on any atom is -0.495 e. The summed E-state index contributed by atoms with van der Waals surface area (Å²) in [7, 11) is 1.72. The first-order valence-corrected chi connectivity index (χ1v) is 11.0. The highest BCUT2D eigenvalue weighted by molar-refractivity contribution is 5.80. The Kier molecular flexibility index (Phi) is 5.66. The van der Waals surface area contributed by atoms with Gasteiger partial charge in [-0.05, 0) is 23.8 Å². The first kappa shape index (κ1) is 20.1. The minimum atomic E-state index is 0.0495. The fourth-order valence-corrected chi connectivity index (χ4v) is 4.43. The second-order valence-electron chi connectivity index (χ2n) is 8.28. The molecule has 6 nitrogen and oxygen atoms in total. The van der Waals surface area contributed by atoms with E-state index in [0.29, 0.717) is 11.0 Å². The standard InChI is InChI=1S/C25H28N2O4/c1-29-23-7-3-2-6-21(23)27-13-11-26(12-14-27)10-9-19-16-22(28)25-18(15-20-17-30-20)5-4-8-24(25)31-19/h2-8,16,20H,9-15,17H2,1H3. The molecule has 5 rings (SSSR count). The van der Waals surface area contributed by atoms with Crippen LogP contribution in [-0.2, 0) is 17.6 Å². The van der Waals surface area contributed by atoms with Crippen molar-refractivity contribution in [3.05, 3.63) is 70.1 Å². The van der Waals surface area contributed by atoms with E-state index < -0.39 is 0 Å². The van der Waals surface area contributed by atoms with Gasteiger partial charge >= 0.3 is 0 Å². The molecule has 31 heavy (non-hydrogen) atoms. The number of epoxide rings is 1. The number of ether oxygens (including phenoxy) is 2. The van der Waals surface area contributed by atoms with Crippen molar-refractivity contribution < 1.29 is 13.9 Å². The molecule has 1 atom stereocenters. The maximum absolute atomic E-state index is 12.8. The number of para-hydroxylation sites is 2. The molecule has 3 aromatic rings. The molecule has 0 N–H and O–H groups in total. The van der Waals surface area contributed by atoms with Crippen LogP contribution in [0.25, 0.3) is 11.0 Å². The number of hydrogen-bond acceptors (Lipinski definition) is 6. The quantitative estimate of drug-likeness (QED) is 0.548. The number of nitrogens with zero attached hydrogens (tertiary/aromatic N) is 2. The first-order chi connectivity index (χ1) is 15.2. The number of hydrogen-bond donors (Lipinski definition) is 0. The normalized spacial score (nSPS) is 19.0. The van der Waals surface area contributed by atoms with Gasteiger partial charge in [-0.2, -0.15) is 0 Å². The van der Waals surface area contributed by atoms with Gasteiger partial charge in [0, 0.05) is 51.6 Å². The largest absolute Gasteiger partial charge is 0.495 e. The molecule has 0 bridgehead atoms. The Morgan fingerprint density at radius 1 is 1.06 bits per heavy atom. The highest BCUT2D eigenvalue weighted by Gasteiger charge is 2.24. The van der Waals surface area contributed by atoms with Gasteiger partial charge < -0.3 is 18.8 Å². The van der Waals surface area contributed by atoms with Crippen molar-refractivity contribution in [3.63, 3.8) is 0 Å². The predicted molar refractivity (Wildman–Crippen MR) is 121 cm³/mol. The molecule has 0 aliphatic carbocycles. The van der Waals surface area contributed by atoms with Crippen LogP contribution in [0.4, 0.5) is 5.69 Å². The van der Waals surface area contributed by atoms with Crippen molar-refractivity contribution in [2.24, 2.45) is 0 Å². The highest BCUT2D eigenvalue weighted by Crippen LogP contribution is 2.28. The molecular weight excluding hydrogens is 392 g/mol. The summed E-state index contributed by atoms with van der Waals surface area (Å²) in [5.41, 5.74) is 2.90. The monoisotopic (exact) mass is 420 g/mol. The molecule has 1 aromatic heterocycles. The second-order valence-corrected chi connectivity index (χ2v) is 8.28. The number of piperazine rings is 1. The van der Waals surface area contributed by atoms with E-state index in [4.69, 9.17) is 13.9 Å². The van der Waals surface area contributed by atoms with Gasteiger partial charge in [-0.25, -0.2) is 0 Å². The summed E-state index contributed by atoms with van der Waals surface area (Å²) in [5, 5.41) is 0.701. The van der Waals surface area contributed by atoms with Gasteiger partial charge in [-0.15, -0.1) is 0 Å². The summed E-state index contributed by atoms with van der Waals surface area (Å²) in [6.45, 7) is 5.51. The van der Waals surface area contributed by atoms with Crippen molar-refractivity contribution in [2.45, 2.75) is 18.9 Å². The van der Waals surface area contributed by atoms with Gasteiger partial charge in [0.25, 0.3) is 0 Å². The lowest BCUT2D eigenvalue weighted by atomic mass is 10.0. The van der Waals surface area contributed by atoms with Crippen molar-refractivity contribution in [2.75, 3.05) is 51.3 Å². The molecule has 2 fully saturated rings. The van der Waals surface area contributed by atoms with E-state index in [1.165, 1.54) is 0 Å². The van der Waals surface area contributed by atoms with Crippen LogP contribution in [0.5, 0.6) is 5.75 Å². The van der Waals surface area contributed by atoms with Gasteiger partial charge in [-0.3, -0.25) is 9.69 Å². The SMILES string of the molecule is COc1ccccc1N1CCN(CCc2cc(=O)c3c(CC4CO4)cccc3o2)CC1. The molecule has 3 heterocycles. The fourth-order valence-electron chi connectivity index (χ4n) is 4.43.